The highest BCUT2D eigenvalue weighted by atomic mass is 16.7. The summed E-state index contributed by atoms with van der Waals surface area (Å²) in [6, 6.07) is 2.71. The van der Waals surface area contributed by atoms with E-state index in [0.29, 0.717) is 5.56 Å². The second-order valence-electron chi connectivity index (χ2n) is 6.40. The number of carboxylic acids is 1. The molecule has 0 saturated carbocycles. The summed E-state index contributed by atoms with van der Waals surface area (Å²) < 4.78 is 24.7. The van der Waals surface area contributed by atoms with Gasteiger partial charge in [-0.15, -0.1) is 0 Å². The largest absolute Gasteiger partial charge is 0.513 e. The van der Waals surface area contributed by atoms with Crippen LogP contribution in [0, 0.1) is 0 Å². The van der Waals surface area contributed by atoms with E-state index >= 15 is 0 Å². The molecule has 0 heterocycles. The number of carbonyl (C=O) groups excluding carboxylic acids is 3. The first-order valence-corrected chi connectivity index (χ1v) is 9.57. The summed E-state index contributed by atoms with van der Waals surface area (Å²) in [5.74, 6) is -2.98. The van der Waals surface area contributed by atoms with Gasteiger partial charge in [0.2, 0.25) is 0 Å². The fraction of sp³-hybridized carbons (Fsp3) is 0.500. The van der Waals surface area contributed by atoms with Crippen LogP contribution < -0.4 is 15.2 Å². The zero-order valence-corrected chi connectivity index (χ0v) is 17.8. The molecule has 3 atom stereocenters. The number of benzene rings is 1. The number of ether oxygens (including phenoxy) is 5. The number of carbonyl (C=O) groups is 4. The lowest BCUT2D eigenvalue weighted by Gasteiger charge is -2.25. The zero-order valence-electron chi connectivity index (χ0n) is 17.8. The van der Waals surface area contributed by atoms with Gasteiger partial charge in [0, 0.05) is 12.8 Å². The number of carboxylic acid groups (broad SMARTS) is 1. The van der Waals surface area contributed by atoms with Crippen LogP contribution in [0.2, 0.25) is 0 Å². The van der Waals surface area contributed by atoms with Crippen LogP contribution in [0.3, 0.4) is 0 Å². The first-order valence-electron chi connectivity index (χ1n) is 9.57. The van der Waals surface area contributed by atoms with E-state index in [1.165, 1.54) is 25.1 Å². The van der Waals surface area contributed by atoms with E-state index in [2.05, 4.69) is 0 Å². The summed E-state index contributed by atoms with van der Waals surface area (Å²) in [7, 11) is 0. The molecule has 0 aliphatic carbocycles. The van der Waals surface area contributed by atoms with E-state index in [9.17, 15) is 24.3 Å². The topological polar surface area (TPSA) is 161 Å². The van der Waals surface area contributed by atoms with Crippen molar-refractivity contribution in [3.05, 3.63) is 23.8 Å². The Bertz CT molecular complexity index is 794. The smallest absolute Gasteiger partial charge is 0.480 e. The Hall–Kier alpha value is -3.34. The Kier molecular flexibility index (Phi) is 10.3. The van der Waals surface area contributed by atoms with Crippen molar-refractivity contribution in [2.45, 2.75) is 52.2 Å². The van der Waals surface area contributed by atoms with Gasteiger partial charge in [-0.2, -0.15) is 0 Å². The van der Waals surface area contributed by atoms with Gasteiger partial charge in [0.15, 0.2) is 11.5 Å². The van der Waals surface area contributed by atoms with Gasteiger partial charge in [0.1, 0.15) is 6.04 Å². The lowest BCUT2D eigenvalue weighted by Crippen LogP contribution is -2.38. The molecule has 2 unspecified atom stereocenters. The molecular weight excluding hydrogens is 414 g/mol. The summed E-state index contributed by atoms with van der Waals surface area (Å²) in [5, 5.41) is 9.40. The fourth-order valence-electron chi connectivity index (χ4n) is 2.74. The van der Waals surface area contributed by atoms with E-state index in [0.717, 1.165) is 0 Å². The lowest BCUT2D eigenvalue weighted by atomic mass is 9.87. The van der Waals surface area contributed by atoms with Gasteiger partial charge in [0.25, 0.3) is 0 Å². The van der Waals surface area contributed by atoms with Gasteiger partial charge in [-0.3, -0.25) is 9.59 Å². The number of rotatable bonds is 10. The second kappa shape index (κ2) is 12.4. The quantitative estimate of drug-likeness (QED) is 0.312. The Balaban J connectivity index is 3.33. The molecule has 0 aromatic heterocycles. The molecule has 1 aromatic rings. The molecule has 0 saturated heterocycles. The summed E-state index contributed by atoms with van der Waals surface area (Å²) in [6.45, 7) is 6.09. The van der Waals surface area contributed by atoms with Crippen LogP contribution in [0.25, 0.3) is 0 Å². The summed E-state index contributed by atoms with van der Waals surface area (Å²) in [5.41, 5.74) is 6.20. The summed E-state index contributed by atoms with van der Waals surface area (Å²) in [6.07, 6.45) is -2.64. The van der Waals surface area contributed by atoms with Crippen molar-refractivity contribution >= 4 is 24.2 Å². The highest BCUT2D eigenvalue weighted by Crippen LogP contribution is 2.35. The van der Waals surface area contributed by atoms with Crippen molar-refractivity contribution in [1.29, 1.82) is 0 Å². The molecule has 0 bridgehead atoms. The van der Waals surface area contributed by atoms with Gasteiger partial charge in [0.05, 0.1) is 19.3 Å². The van der Waals surface area contributed by atoms with Gasteiger partial charge >= 0.3 is 24.2 Å². The molecular formula is C20H27NO10. The number of hydrogen-bond acceptors (Lipinski definition) is 10. The Morgan fingerprint density at radius 1 is 1.00 bits per heavy atom. The molecule has 172 valence electrons. The molecule has 0 fully saturated rings. The minimum absolute atomic E-state index is 0.0407. The van der Waals surface area contributed by atoms with Crippen molar-refractivity contribution in [2.75, 3.05) is 13.2 Å². The molecule has 11 heteroatoms. The predicted octanol–water partition coefficient (Wildman–Crippen LogP) is 2.59. The van der Waals surface area contributed by atoms with E-state index < -0.39 is 42.3 Å². The molecule has 1 aromatic carbocycles. The molecule has 0 radical (unpaired) electrons. The minimum atomic E-state index is -1.36. The third-order valence-electron chi connectivity index (χ3n) is 3.98. The van der Waals surface area contributed by atoms with Crippen molar-refractivity contribution in [3.63, 3.8) is 0 Å². The Morgan fingerprint density at radius 3 is 2.03 bits per heavy atom. The summed E-state index contributed by atoms with van der Waals surface area (Å²) >= 11 is 0. The van der Waals surface area contributed by atoms with Crippen LogP contribution >= 0.6 is 0 Å². The van der Waals surface area contributed by atoms with Crippen LogP contribution in [0.1, 0.15) is 45.6 Å². The molecule has 1 rings (SSSR count). The highest BCUT2D eigenvalue weighted by molar-refractivity contribution is 5.75. The lowest BCUT2D eigenvalue weighted by molar-refractivity contribution is -0.146. The van der Waals surface area contributed by atoms with Crippen LogP contribution in [0.4, 0.5) is 9.59 Å². The third-order valence-corrected chi connectivity index (χ3v) is 3.98. The standard InChI is InChI=1S/C20H27NO10/c1-5-27-19(25)30-15-8-7-13(10-16(15)31-20(26)28-6-2)14(17(21)18(23)24)9-11(3)29-12(4)22/h7-8,10-11,14,17H,5-6,9,21H2,1-4H3,(H,23,24)/t11?,14?,17-/m0/s1. The first-order chi connectivity index (χ1) is 14.6. The Labute approximate surface area is 179 Å². The highest BCUT2D eigenvalue weighted by Gasteiger charge is 2.30. The number of aliphatic carboxylic acids is 1. The molecule has 0 spiro atoms. The van der Waals surface area contributed by atoms with Crippen molar-refractivity contribution < 1.29 is 48.0 Å². The fourth-order valence-corrected chi connectivity index (χ4v) is 2.74. The van der Waals surface area contributed by atoms with Crippen molar-refractivity contribution in [1.82, 2.24) is 0 Å². The number of nitrogens with two attached hydrogens (primary N) is 1. The molecule has 3 N–H and O–H groups in total. The van der Waals surface area contributed by atoms with E-state index in [4.69, 9.17) is 29.4 Å². The molecule has 31 heavy (non-hydrogen) atoms. The monoisotopic (exact) mass is 441 g/mol. The van der Waals surface area contributed by atoms with Crippen LogP contribution in [-0.4, -0.2) is 54.7 Å². The predicted molar refractivity (Wildman–Crippen MR) is 106 cm³/mol. The average molecular weight is 441 g/mol. The average Bonchev–Trinajstić information content (AvgIpc) is 2.66. The van der Waals surface area contributed by atoms with Gasteiger partial charge in [-0.05, 0) is 44.9 Å². The van der Waals surface area contributed by atoms with E-state index in [1.54, 1.807) is 20.8 Å². The zero-order chi connectivity index (χ0) is 23.6. The molecule has 0 aliphatic rings. The minimum Gasteiger partial charge on any atom is -0.480 e. The third kappa shape index (κ3) is 8.51. The first kappa shape index (κ1) is 25.7. The number of esters is 1. The Morgan fingerprint density at radius 2 is 1.55 bits per heavy atom. The maximum atomic E-state index is 11.8. The van der Waals surface area contributed by atoms with Crippen LogP contribution in [0.5, 0.6) is 11.5 Å². The second-order valence-corrected chi connectivity index (χ2v) is 6.40. The maximum absolute atomic E-state index is 11.8. The van der Waals surface area contributed by atoms with Crippen LogP contribution in [-0.2, 0) is 23.8 Å². The maximum Gasteiger partial charge on any atom is 0.513 e. The molecule has 0 amide bonds. The van der Waals surface area contributed by atoms with Gasteiger partial charge in [-0.1, -0.05) is 6.07 Å². The van der Waals surface area contributed by atoms with Crippen molar-refractivity contribution in [2.24, 2.45) is 5.73 Å². The van der Waals surface area contributed by atoms with Gasteiger partial charge < -0.3 is 34.5 Å². The SMILES string of the molecule is CCOC(=O)Oc1ccc(C(CC(C)OC(C)=O)[C@H](N)C(=O)O)cc1OC(=O)OCC. The van der Waals surface area contributed by atoms with Crippen molar-refractivity contribution in [3.8, 4) is 11.5 Å². The van der Waals surface area contributed by atoms with Gasteiger partial charge in [-0.25, -0.2) is 9.59 Å². The van der Waals surface area contributed by atoms with E-state index in [1.807, 2.05) is 0 Å². The van der Waals surface area contributed by atoms with Crippen LogP contribution in [0.15, 0.2) is 18.2 Å². The number of hydrogen-bond donors (Lipinski definition) is 2. The normalized spacial score (nSPS) is 13.3. The molecule has 0 aliphatic heterocycles. The van der Waals surface area contributed by atoms with E-state index in [-0.39, 0.29) is 31.1 Å². The summed E-state index contributed by atoms with van der Waals surface area (Å²) in [4.78, 5) is 46.2. The molecule has 11 nitrogen and oxygen atoms in total.